The van der Waals surface area contributed by atoms with E-state index in [4.69, 9.17) is 4.74 Å². The van der Waals surface area contributed by atoms with E-state index >= 15 is 0 Å². The number of ether oxygens (including phenoxy) is 2. The molecule has 0 atom stereocenters. The third kappa shape index (κ3) is 5.37. The van der Waals surface area contributed by atoms with Crippen LogP contribution < -0.4 is 0 Å². The SMILES string of the molecule is COC(=O)CN(Cc1cccnc1C(=O)OC(C)C)S(=O)(=O)c1ccccc1. The number of methoxy groups -OCH3 is 1. The van der Waals surface area contributed by atoms with Gasteiger partial charge in [-0.2, -0.15) is 4.31 Å². The minimum atomic E-state index is -4.02. The Bertz CT molecular complexity index is 928. The second kappa shape index (κ2) is 9.43. The molecule has 0 spiro atoms. The van der Waals surface area contributed by atoms with E-state index < -0.39 is 28.5 Å². The van der Waals surface area contributed by atoms with Crippen LogP contribution in [-0.4, -0.2) is 49.4 Å². The number of benzene rings is 1. The fourth-order valence-electron chi connectivity index (χ4n) is 2.39. The Hall–Kier alpha value is -2.78. The van der Waals surface area contributed by atoms with Gasteiger partial charge in [0.1, 0.15) is 6.54 Å². The van der Waals surface area contributed by atoms with Crippen molar-refractivity contribution in [2.75, 3.05) is 13.7 Å². The summed E-state index contributed by atoms with van der Waals surface area (Å²) in [6, 6.07) is 10.8. The first-order chi connectivity index (χ1) is 13.3. The Balaban J connectivity index is 2.42. The molecule has 2 aromatic rings. The number of pyridine rings is 1. The van der Waals surface area contributed by atoms with Gasteiger partial charge in [-0.15, -0.1) is 0 Å². The highest BCUT2D eigenvalue weighted by molar-refractivity contribution is 7.89. The molecule has 0 aliphatic heterocycles. The van der Waals surface area contributed by atoms with Gasteiger partial charge >= 0.3 is 11.9 Å². The molecule has 2 rings (SSSR count). The maximum atomic E-state index is 13.0. The van der Waals surface area contributed by atoms with Crippen molar-refractivity contribution in [2.45, 2.75) is 31.4 Å². The summed E-state index contributed by atoms with van der Waals surface area (Å²) in [5.74, 6) is -1.39. The van der Waals surface area contributed by atoms with Gasteiger partial charge in [0.05, 0.1) is 18.1 Å². The zero-order valence-electron chi connectivity index (χ0n) is 15.9. The van der Waals surface area contributed by atoms with Crippen LogP contribution >= 0.6 is 0 Å². The highest BCUT2D eigenvalue weighted by Gasteiger charge is 2.29. The van der Waals surface area contributed by atoms with Gasteiger partial charge in [-0.25, -0.2) is 18.2 Å². The van der Waals surface area contributed by atoms with E-state index in [-0.39, 0.29) is 23.2 Å². The standard InChI is InChI=1S/C19H22N2O6S/c1-14(2)27-19(23)18-15(8-7-11-20-18)12-21(13-17(22)26-3)28(24,25)16-9-5-4-6-10-16/h4-11,14H,12-13H2,1-3H3. The van der Waals surface area contributed by atoms with Crippen molar-refractivity contribution >= 4 is 22.0 Å². The summed E-state index contributed by atoms with van der Waals surface area (Å²) in [4.78, 5) is 28.2. The lowest BCUT2D eigenvalue weighted by atomic mass is 10.2. The van der Waals surface area contributed by atoms with E-state index in [1.165, 1.54) is 25.4 Å². The first kappa shape index (κ1) is 21.5. The molecule has 0 saturated carbocycles. The van der Waals surface area contributed by atoms with Crippen molar-refractivity contribution in [1.29, 1.82) is 0 Å². The molecule has 0 N–H and O–H groups in total. The number of nitrogens with zero attached hydrogens (tertiary/aromatic N) is 2. The molecule has 0 saturated heterocycles. The Kier molecular flexibility index (Phi) is 7.24. The fourth-order valence-corrected chi connectivity index (χ4v) is 3.77. The first-order valence-corrected chi connectivity index (χ1v) is 9.96. The normalized spacial score (nSPS) is 11.5. The van der Waals surface area contributed by atoms with Crippen LogP contribution in [0.3, 0.4) is 0 Å². The summed E-state index contributed by atoms with van der Waals surface area (Å²) in [5.41, 5.74) is 0.311. The fraction of sp³-hybridized carbons (Fsp3) is 0.316. The third-order valence-corrected chi connectivity index (χ3v) is 5.49. The molecule has 1 aromatic heterocycles. The van der Waals surface area contributed by atoms with Crippen molar-refractivity contribution in [2.24, 2.45) is 0 Å². The lowest BCUT2D eigenvalue weighted by molar-refractivity contribution is -0.140. The van der Waals surface area contributed by atoms with E-state index in [1.54, 1.807) is 44.2 Å². The van der Waals surface area contributed by atoms with E-state index in [0.29, 0.717) is 5.56 Å². The van der Waals surface area contributed by atoms with Crippen molar-refractivity contribution in [3.8, 4) is 0 Å². The molecule has 1 heterocycles. The Morgan fingerprint density at radius 2 is 1.79 bits per heavy atom. The monoisotopic (exact) mass is 406 g/mol. The van der Waals surface area contributed by atoms with E-state index in [1.807, 2.05) is 0 Å². The van der Waals surface area contributed by atoms with Gasteiger partial charge in [-0.3, -0.25) is 4.79 Å². The van der Waals surface area contributed by atoms with E-state index in [9.17, 15) is 18.0 Å². The van der Waals surface area contributed by atoms with Crippen LogP contribution in [0.4, 0.5) is 0 Å². The Morgan fingerprint density at radius 1 is 1.11 bits per heavy atom. The third-order valence-electron chi connectivity index (χ3n) is 3.69. The smallest absolute Gasteiger partial charge is 0.357 e. The predicted octanol–water partition coefficient (Wildman–Crippen LogP) is 2.01. The summed E-state index contributed by atoms with van der Waals surface area (Å²) in [7, 11) is -2.85. The van der Waals surface area contributed by atoms with Crippen LogP contribution in [0.25, 0.3) is 0 Å². The van der Waals surface area contributed by atoms with Gasteiger partial charge in [0.25, 0.3) is 0 Å². The largest absolute Gasteiger partial charge is 0.468 e. The molecule has 0 amide bonds. The molecular formula is C19H22N2O6S. The highest BCUT2D eigenvalue weighted by atomic mass is 32.2. The quantitative estimate of drug-likeness (QED) is 0.618. The maximum Gasteiger partial charge on any atom is 0.357 e. The summed E-state index contributed by atoms with van der Waals surface area (Å²) >= 11 is 0. The molecule has 0 aliphatic rings. The number of sulfonamides is 1. The number of hydrogen-bond donors (Lipinski definition) is 0. The second-order valence-electron chi connectivity index (χ2n) is 6.13. The summed E-state index contributed by atoms with van der Waals surface area (Å²) in [6.45, 7) is 2.64. The second-order valence-corrected chi connectivity index (χ2v) is 8.07. The lowest BCUT2D eigenvalue weighted by Crippen LogP contribution is -2.36. The zero-order chi connectivity index (χ0) is 20.7. The minimum absolute atomic E-state index is 0.00525. The average molecular weight is 406 g/mol. The van der Waals surface area contributed by atoms with Crippen LogP contribution in [0.15, 0.2) is 53.6 Å². The van der Waals surface area contributed by atoms with Crippen LogP contribution in [-0.2, 0) is 30.8 Å². The number of aromatic nitrogens is 1. The van der Waals surface area contributed by atoms with Gasteiger partial charge in [0, 0.05) is 18.3 Å². The first-order valence-electron chi connectivity index (χ1n) is 8.52. The van der Waals surface area contributed by atoms with Crippen molar-refractivity contribution in [1.82, 2.24) is 9.29 Å². The van der Waals surface area contributed by atoms with Crippen molar-refractivity contribution in [3.05, 3.63) is 59.9 Å². The maximum absolute atomic E-state index is 13.0. The number of carbonyl (C=O) groups is 2. The molecule has 150 valence electrons. The van der Waals surface area contributed by atoms with Crippen LogP contribution in [0.1, 0.15) is 29.9 Å². The summed E-state index contributed by atoms with van der Waals surface area (Å²) < 4.78 is 36.8. The molecule has 0 fully saturated rings. The van der Waals surface area contributed by atoms with E-state index in [0.717, 1.165) is 4.31 Å². The van der Waals surface area contributed by atoms with Crippen molar-refractivity contribution < 1.29 is 27.5 Å². The van der Waals surface area contributed by atoms with Crippen LogP contribution in [0.5, 0.6) is 0 Å². The van der Waals surface area contributed by atoms with Crippen LogP contribution in [0, 0.1) is 0 Å². The predicted molar refractivity (Wildman–Crippen MR) is 101 cm³/mol. The van der Waals surface area contributed by atoms with Gasteiger partial charge in [-0.05, 0) is 32.0 Å². The number of carbonyl (C=O) groups excluding carboxylic acids is 2. The van der Waals surface area contributed by atoms with E-state index in [2.05, 4.69) is 9.72 Å². The Morgan fingerprint density at radius 3 is 2.39 bits per heavy atom. The molecule has 9 heteroatoms. The molecular weight excluding hydrogens is 384 g/mol. The minimum Gasteiger partial charge on any atom is -0.468 e. The molecule has 0 bridgehead atoms. The molecule has 0 radical (unpaired) electrons. The lowest BCUT2D eigenvalue weighted by Gasteiger charge is -2.22. The molecule has 28 heavy (non-hydrogen) atoms. The number of rotatable bonds is 8. The van der Waals surface area contributed by atoms with Crippen LogP contribution in [0.2, 0.25) is 0 Å². The molecule has 0 aliphatic carbocycles. The molecule has 0 unspecified atom stereocenters. The average Bonchev–Trinajstić information content (AvgIpc) is 2.67. The summed E-state index contributed by atoms with van der Waals surface area (Å²) in [5, 5.41) is 0. The molecule has 8 nitrogen and oxygen atoms in total. The van der Waals surface area contributed by atoms with Gasteiger partial charge < -0.3 is 9.47 Å². The zero-order valence-corrected chi connectivity index (χ0v) is 16.7. The molecule has 1 aromatic carbocycles. The van der Waals surface area contributed by atoms with Gasteiger partial charge in [0.2, 0.25) is 10.0 Å². The van der Waals surface area contributed by atoms with Gasteiger partial charge in [-0.1, -0.05) is 24.3 Å². The Labute approximate surface area is 164 Å². The summed E-state index contributed by atoms with van der Waals surface area (Å²) in [6.07, 6.45) is 1.05. The highest BCUT2D eigenvalue weighted by Crippen LogP contribution is 2.20. The van der Waals surface area contributed by atoms with Crippen molar-refractivity contribution in [3.63, 3.8) is 0 Å². The number of esters is 2. The topological polar surface area (TPSA) is 103 Å². The van der Waals surface area contributed by atoms with Gasteiger partial charge in [0.15, 0.2) is 5.69 Å². The number of hydrogen-bond acceptors (Lipinski definition) is 7.